The maximum atomic E-state index is 12.7. The molecule has 0 bridgehead atoms. The molecule has 1 N–H and O–H groups in total. The van der Waals surface area contributed by atoms with Gasteiger partial charge in [-0.05, 0) is 41.8 Å². The van der Waals surface area contributed by atoms with Crippen LogP contribution in [0, 0.1) is 0 Å². The van der Waals surface area contributed by atoms with Gasteiger partial charge in [-0.15, -0.1) is 0 Å². The van der Waals surface area contributed by atoms with Crippen LogP contribution in [0.1, 0.15) is 33.3 Å². The van der Waals surface area contributed by atoms with Crippen molar-refractivity contribution in [3.05, 3.63) is 89.4 Å². The lowest BCUT2D eigenvalue weighted by atomic mass is 9.98. The number of rotatable bonds is 6. The number of furan rings is 1. The van der Waals surface area contributed by atoms with Crippen LogP contribution >= 0.6 is 0 Å². The lowest BCUT2D eigenvalue weighted by molar-refractivity contribution is 0.0916. The topological polar surface area (TPSA) is 54.7 Å². The number of hydrogen-bond acceptors (Lipinski definition) is 4. The smallest absolute Gasteiger partial charge is 0.255 e. The number of benzene rings is 2. The molecule has 1 aliphatic heterocycles. The van der Waals surface area contributed by atoms with Gasteiger partial charge in [0.15, 0.2) is 0 Å². The molecule has 4 rings (SSSR count). The van der Waals surface area contributed by atoms with Gasteiger partial charge in [0, 0.05) is 19.6 Å². The van der Waals surface area contributed by atoms with Crippen molar-refractivity contribution in [2.24, 2.45) is 0 Å². The standard InChI is InChI=1S/C23H24N2O3/c1-27-21-10-5-4-9-19(21)23(26)24-15-20(22-11-6-14-28-22)25-13-12-17-7-2-3-8-18(17)16-25/h2-11,14,20H,12-13,15-16H2,1H3,(H,24,26). The van der Waals surface area contributed by atoms with Gasteiger partial charge >= 0.3 is 0 Å². The van der Waals surface area contributed by atoms with E-state index in [1.807, 2.05) is 24.3 Å². The van der Waals surface area contributed by atoms with Crippen molar-refractivity contribution in [1.29, 1.82) is 0 Å². The zero-order valence-electron chi connectivity index (χ0n) is 15.9. The first-order valence-corrected chi connectivity index (χ1v) is 9.51. The van der Waals surface area contributed by atoms with E-state index in [4.69, 9.17) is 9.15 Å². The van der Waals surface area contributed by atoms with Crippen molar-refractivity contribution in [2.75, 3.05) is 20.2 Å². The maximum absolute atomic E-state index is 12.7. The van der Waals surface area contributed by atoms with Crippen molar-refractivity contribution < 1.29 is 13.9 Å². The Hall–Kier alpha value is -3.05. The minimum absolute atomic E-state index is 0.0259. The minimum atomic E-state index is -0.147. The number of methoxy groups -OCH3 is 1. The highest BCUT2D eigenvalue weighted by atomic mass is 16.5. The van der Waals surface area contributed by atoms with Crippen molar-refractivity contribution in [2.45, 2.75) is 19.0 Å². The van der Waals surface area contributed by atoms with E-state index in [1.165, 1.54) is 11.1 Å². The van der Waals surface area contributed by atoms with Gasteiger partial charge in [-0.25, -0.2) is 0 Å². The summed E-state index contributed by atoms with van der Waals surface area (Å²) in [5.74, 6) is 1.28. The van der Waals surface area contributed by atoms with Crippen molar-refractivity contribution >= 4 is 5.91 Å². The highest BCUT2D eigenvalue weighted by Gasteiger charge is 2.27. The van der Waals surface area contributed by atoms with E-state index in [9.17, 15) is 4.79 Å². The Morgan fingerprint density at radius 1 is 1.11 bits per heavy atom. The van der Waals surface area contributed by atoms with Gasteiger partial charge in [0.25, 0.3) is 5.91 Å². The second-order valence-electron chi connectivity index (χ2n) is 6.93. The third kappa shape index (κ3) is 3.80. The van der Waals surface area contributed by atoms with Gasteiger partial charge in [-0.1, -0.05) is 36.4 Å². The van der Waals surface area contributed by atoms with E-state index >= 15 is 0 Å². The average Bonchev–Trinajstić information content (AvgIpc) is 3.28. The molecule has 0 saturated heterocycles. The van der Waals surface area contributed by atoms with E-state index in [0.717, 1.165) is 25.3 Å². The van der Waals surface area contributed by atoms with Gasteiger partial charge < -0.3 is 14.5 Å². The molecule has 2 heterocycles. The average molecular weight is 376 g/mol. The fraction of sp³-hybridized carbons (Fsp3) is 0.261. The fourth-order valence-corrected chi connectivity index (χ4v) is 3.79. The van der Waals surface area contributed by atoms with Crippen LogP contribution in [0.2, 0.25) is 0 Å². The third-order valence-electron chi connectivity index (χ3n) is 5.28. The first-order valence-electron chi connectivity index (χ1n) is 9.51. The summed E-state index contributed by atoms with van der Waals surface area (Å²) >= 11 is 0. The van der Waals surface area contributed by atoms with E-state index in [2.05, 4.69) is 34.5 Å². The molecule has 0 saturated carbocycles. The molecule has 1 unspecified atom stereocenters. The molecule has 0 fully saturated rings. The summed E-state index contributed by atoms with van der Waals surface area (Å²) in [4.78, 5) is 15.1. The number of carbonyl (C=O) groups excluding carboxylic acids is 1. The van der Waals surface area contributed by atoms with Crippen LogP contribution in [0.15, 0.2) is 71.3 Å². The number of carbonyl (C=O) groups is 1. The molecule has 1 aromatic heterocycles. The van der Waals surface area contributed by atoms with Gasteiger partial charge in [0.2, 0.25) is 0 Å². The van der Waals surface area contributed by atoms with Crippen LogP contribution in [0.3, 0.4) is 0 Å². The molecular weight excluding hydrogens is 352 g/mol. The predicted octanol–water partition coefficient (Wildman–Crippen LogP) is 3.82. The Kier molecular flexibility index (Phi) is 5.44. The number of fused-ring (bicyclic) bond motifs is 1. The summed E-state index contributed by atoms with van der Waals surface area (Å²) in [7, 11) is 1.57. The molecule has 28 heavy (non-hydrogen) atoms. The molecule has 2 aromatic carbocycles. The Bertz CT molecular complexity index is 937. The minimum Gasteiger partial charge on any atom is -0.496 e. The first kappa shape index (κ1) is 18.3. The summed E-state index contributed by atoms with van der Waals surface area (Å²) in [5.41, 5.74) is 3.27. The Morgan fingerprint density at radius 2 is 1.89 bits per heavy atom. The number of para-hydroxylation sites is 1. The molecule has 0 spiro atoms. The molecule has 3 aromatic rings. The number of nitrogens with one attached hydrogen (secondary N) is 1. The van der Waals surface area contributed by atoms with Crippen LogP contribution in [-0.4, -0.2) is 31.0 Å². The Labute approximate surface area is 164 Å². The molecule has 0 aliphatic carbocycles. The summed E-state index contributed by atoms with van der Waals surface area (Å²) in [6.07, 6.45) is 2.68. The number of nitrogens with zero attached hydrogens (tertiary/aromatic N) is 1. The van der Waals surface area contributed by atoms with Crippen molar-refractivity contribution in [1.82, 2.24) is 10.2 Å². The lowest BCUT2D eigenvalue weighted by Gasteiger charge is -2.34. The first-order chi connectivity index (χ1) is 13.8. The summed E-state index contributed by atoms with van der Waals surface area (Å²) < 4.78 is 11.0. The normalized spacial score (nSPS) is 14.9. The van der Waals surface area contributed by atoms with Crippen LogP contribution in [0.5, 0.6) is 5.75 Å². The molecular formula is C23H24N2O3. The van der Waals surface area contributed by atoms with E-state index in [-0.39, 0.29) is 11.9 Å². The number of amides is 1. The second-order valence-corrected chi connectivity index (χ2v) is 6.93. The molecule has 1 aliphatic rings. The Morgan fingerprint density at radius 3 is 2.68 bits per heavy atom. The SMILES string of the molecule is COc1ccccc1C(=O)NCC(c1ccco1)N1CCc2ccccc2C1. The lowest BCUT2D eigenvalue weighted by Crippen LogP contribution is -2.40. The molecule has 1 amide bonds. The van der Waals surface area contributed by atoms with Crippen LogP contribution < -0.4 is 10.1 Å². The van der Waals surface area contributed by atoms with Gasteiger partial charge in [0.05, 0.1) is 25.0 Å². The molecule has 144 valence electrons. The number of ether oxygens (including phenoxy) is 1. The van der Waals surface area contributed by atoms with Gasteiger partial charge in [-0.3, -0.25) is 9.69 Å². The maximum Gasteiger partial charge on any atom is 0.255 e. The Balaban J connectivity index is 1.51. The zero-order valence-corrected chi connectivity index (χ0v) is 15.9. The molecule has 1 atom stereocenters. The zero-order chi connectivity index (χ0) is 19.3. The van der Waals surface area contributed by atoms with Gasteiger partial charge in [0.1, 0.15) is 11.5 Å². The fourth-order valence-electron chi connectivity index (χ4n) is 3.79. The van der Waals surface area contributed by atoms with E-state index < -0.39 is 0 Å². The van der Waals surface area contributed by atoms with Gasteiger partial charge in [-0.2, -0.15) is 0 Å². The molecule has 5 nitrogen and oxygen atoms in total. The van der Waals surface area contributed by atoms with Crippen LogP contribution in [0.25, 0.3) is 0 Å². The quantitative estimate of drug-likeness (QED) is 0.711. The summed E-state index contributed by atoms with van der Waals surface area (Å²) in [6.45, 7) is 2.23. The predicted molar refractivity (Wildman–Crippen MR) is 107 cm³/mol. The third-order valence-corrected chi connectivity index (χ3v) is 5.28. The highest BCUT2D eigenvalue weighted by Crippen LogP contribution is 2.28. The van der Waals surface area contributed by atoms with Crippen LogP contribution in [0.4, 0.5) is 0 Å². The van der Waals surface area contributed by atoms with E-state index in [1.54, 1.807) is 25.5 Å². The molecule has 0 radical (unpaired) electrons. The molecule has 5 heteroatoms. The van der Waals surface area contributed by atoms with E-state index in [0.29, 0.717) is 17.9 Å². The van der Waals surface area contributed by atoms with Crippen molar-refractivity contribution in [3.63, 3.8) is 0 Å². The highest BCUT2D eigenvalue weighted by molar-refractivity contribution is 5.96. The van der Waals surface area contributed by atoms with Crippen molar-refractivity contribution in [3.8, 4) is 5.75 Å². The second kappa shape index (κ2) is 8.31. The number of hydrogen-bond donors (Lipinski definition) is 1. The summed E-state index contributed by atoms with van der Waals surface area (Å²) in [6, 6.07) is 19.6. The monoisotopic (exact) mass is 376 g/mol. The summed E-state index contributed by atoms with van der Waals surface area (Å²) in [5, 5.41) is 3.06. The van der Waals surface area contributed by atoms with Crippen LogP contribution in [-0.2, 0) is 13.0 Å². The largest absolute Gasteiger partial charge is 0.496 e.